The number of unbranched alkanes of at least 4 members (excludes halogenated alkanes) is 9. The molecule has 3 N–H and O–H groups in total. The molecule has 0 unspecified atom stereocenters. The van der Waals surface area contributed by atoms with Gasteiger partial charge in [0.25, 0.3) is 0 Å². The molecule has 1 atom stereocenters. The summed E-state index contributed by atoms with van der Waals surface area (Å²) < 4.78 is 20.8. The van der Waals surface area contributed by atoms with Gasteiger partial charge in [-0.3, -0.25) is 20.4 Å². The average Bonchev–Trinajstić information content (AvgIpc) is 2.77. The van der Waals surface area contributed by atoms with E-state index in [9.17, 15) is 14.4 Å². The Morgan fingerprint density at radius 2 is 1.18 bits per heavy atom. The van der Waals surface area contributed by atoms with Crippen molar-refractivity contribution in [2.75, 3.05) is 20.4 Å². The first-order valence-electron chi connectivity index (χ1n) is 14.1. The van der Waals surface area contributed by atoms with Crippen LogP contribution in [0, 0.1) is 0 Å². The highest BCUT2D eigenvalue weighted by Crippen LogP contribution is 2.15. The second kappa shape index (κ2) is 20.5. The molecule has 0 rings (SSSR count). The Labute approximate surface area is 234 Å². The summed E-state index contributed by atoms with van der Waals surface area (Å²) in [6.07, 6.45) is 9.83. The van der Waals surface area contributed by atoms with Gasteiger partial charge in [0.15, 0.2) is 0 Å². The largest absolute Gasteiger partial charge is 0.481 e. The van der Waals surface area contributed by atoms with Crippen LogP contribution in [0.5, 0.6) is 0 Å². The molecule has 0 aliphatic carbocycles. The average molecular weight is 560 g/mol. The Kier molecular flexibility index (Phi) is 19.2. The smallest absolute Gasteiger partial charge is 0.414 e. The van der Waals surface area contributed by atoms with E-state index in [1.165, 1.54) is 26.4 Å². The minimum absolute atomic E-state index is 0.0104. The van der Waals surface area contributed by atoms with E-state index in [1.807, 2.05) is 0 Å². The quantitative estimate of drug-likeness (QED) is 0.0785. The molecule has 0 heterocycles. The summed E-state index contributed by atoms with van der Waals surface area (Å²) in [5, 5.41) is 13.9. The molecule has 0 radical (unpaired) electrons. The van der Waals surface area contributed by atoms with Crippen LogP contribution in [0.2, 0.25) is 0 Å². The molecule has 0 spiro atoms. The molecule has 11 heteroatoms. The summed E-state index contributed by atoms with van der Waals surface area (Å²) >= 11 is 0. The van der Waals surface area contributed by atoms with Crippen molar-refractivity contribution < 1.29 is 38.4 Å². The van der Waals surface area contributed by atoms with Gasteiger partial charge in [-0.05, 0) is 54.4 Å². The number of carbonyl (C=O) groups excluding carboxylic acids is 2. The van der Waals surface area contributed by atoms with Crippen LogP contribution in [0.1, 0.15) is 119 Å². The summed E-state index contributed by atoms with van der Waals surface area (Å²) in [6.45, 7) is 11.1. The molecule has 0 aliphatic rings. The molecule has 0 aliphatic heterocycles. The summed E-state index contributed by atoms with van der Waals surface area (Å²) in [5.41, 5.74) is -1.35. The number of carbonyl (C=O) groups is 3. The van der Waals surface area contributed by atoms with Crippen LogP contribution in [0.25, 0.3) is 0 Å². The van der Waals surface area contributed by atoms with Crippen molar-refractivity contribution in [2.45, 2.75) is 136 Å². The number of carboxylic acids is 1. The third-order valence-electron chi connectivity index (χ3n) is 5.27. The number of hydrogen-bond acceptors (Lipinski definition) is 8. The van der Waals surface area contributed by atoms with Gasteiger partial charge in [-0.25, -0.2) is 9.59 Å². The molecule has 0 aromatic carbocycles. The van der Waals surface area contributed by atoms with Gasteiger partial charge in [0.05, 0.1) is 12.5 Å². The number of hydrogen-bond donors (Lipinski definition) is 3. The van der Waals surface area contributed by atoms with Crippen LogP contribution >= 0.6 is 0 Å². The molecule has 2 amide bonds. The maximum atomic E-state index is 12.1. The highest BCUT2D eigenvalue weighted by molar-refractivity contribution is 6.01. The van der Waals surface area contributed by atoms with Crippen molar-refractivity contribution in [1.29, 1.82) is 0 Å². The van der Waals surface area contributed by atoms with E-state index in [0.29, 0.717) is 6.54 Å². The lowest BCUT2D eigenvalue weighted by Gasteiger charge is -2.22. The molecular formula is C28H53N3O8. The Morgan fingerprint density at radius 3 is 1.59 bits per heavy atom. The maximum absolute atomic E-state index is 12.1. The molecule has 11 nitrogen and oxygen atoms in total. The lowest BCUT2D eigenvalue weighted by molar-refractivity contribution is -0.143. The predicted octanol–water partition coefficient (Wildman–Crippen LogP) is 6.15. The van der Waals surface area contributed by atoms with Gasteiger partial charge in [0.2, 0.25) is 5.96 Å². The molecule has 0 aromatic rings. The second-order valence-electron chi connectivity index (χ2n) is 11.6. The van der Waals surface area contributed by atoms with Crippen molar-refractivity contribution in [2.24, 2.45) is 4.99 Å². The zero-order valence-electron chi connectivity index (χ0n) is 25.2. The number of methoxy groups -OCH3 is 1. The molecule has 0 fully saturated rings. The van der Waals surface area contributed by atoms with Crippen molar-refractivity contribution in [1.82, 2.24) is 10.6 Å². The van der Waals surface area contributed by atoms with Gasteiger partial charge in [-0.2, -0.15) is 0 Å². The number of guanidine groups is 1. The van der Waals surface area contributed by atoms with Crippen LogP contribution in [-0.2, 0) is 23.7 Å². The molecule has 0 aromatic heterocycles. The first kappa shape index (κ1) is 36.6. The minimum atomic E-state index is -0.849. The van der Waals surface area contributed by atoms with Crippen LogP contribution in [0.15, 0.2) is 4.99 Å². The normalized spacial score (nSPS) is 12.4. The van der Waals surface area contributed by atoms with Crippen molar-refractivity contribution >= 4 is 24.1 Å². The lowest BCUT2D eigenvalue weighted by Crippen LogP contribution is -2.47. The van der Waals surface area contributed by atoms with E-state index in [-0.39, 0.29) is 25.3 Å². The van der Waals surface area contributed by atoms with Crippen molar-refractivity contribution in [3.63, 3.8) is 0 Å². The molecular weight excluding hydrogens is 506 g/mol. The van der Waals surface area contributed by atoms with Gasteiger partial charge in [-0.15, -0.1) is 0 Å². The number of aliphatic carboxylic acids is 1. The van der Waals surface area contributed by atoms with Gasteiger partial charge in [0.1, 0.15) is 18.0 Å². The Balaban J connectivity index is 4.15. The highest BCUT2D eigenvalue weighted by Gasteiger charge is 2.21. The number of nitrogens with zero attached hydrogens (tertiary/aromatic N) is 1. The van der Waals surface area contributed by atoms with E-state index in [2.05, 4.69) is 15.6 Å². The maximum Gasteiger partial charge on any atom is 0.414 e. The fourth-order valence-electron chi connectivity index (χ4n) is 3.60. The summed E-state index contributed by atoms with van der Waals surface area (Å²) in [7, 11) is 1.53. The van der Waals surface area contributed by atoms with E-state index < -0.39 is 29.4 Å². The van der Waals surface area contributed by atoms with Crippen LogP contribution < -0.4 is 10.6 Å². The number of carboxylic acid groups (broad SMARTS) is 1. The Morgan fingerprint density at radius 1 is 0.744 bits per heavy atom. The van der Waals surface area contributed by atoms with Gasteiger partial charge < -0.3 is 24.1 Å². The highest BCUT2D eigenvalue weighted by atomic mass is 16.7. The molecule has 228 valence electrons. The van der Waals surface area contributed by atoms with E-state index in [1.54, 1.807) is 41.5 Å². The SMILES string of the molecule is COCO[C@H](CCCCCCCCCCCCN=C(NC(=O)OC(C)(C)C)NC(=O)OC(C)(C)C)CC(=O)O. The standard InChI is InChI=1S/C28H53N3O8/c1-27(2,3)38-25(34)30-24(31-26(35)39-28(4,5)6)29-19-17-15-13-11-9-8-10-12-14-16-18-22(20-23(32)33)37-21-36-7/h22H,8-21H2,1-7H3,(H,32,33)(H2,29,30,31,34,35)/t22-/m1/s1. The second-order valence-corrected chi connectivity index (χ2v) is 11.6. The van der Waals surface area contributed by atoms with Crippen LogP contribution in [0.4, 0.5) is 9.59 Å². The number of alkyl carbamates (subject to hydrolysis) is 2. The molecule has 39 heavy (non-hydrogen) atoms. The first-order valence-corrected chi connectivity index (χ1v) is 14.1. The Bertz CT molecular complexity index is 697. The minimum Gasteiger partial charge on any atom is -0.481 e. The van der Waals surface area contributed by atoms with Gasteiger partial charge >= 0.3 is 18.2 Å². The number of nitrogens with one attached hydrogen (secondary N) is 2. The fraction of sp³-hybridized carbons (Fsp3) is 0.857. The topological polar surface area (TPSA) is 145 Å². The third-order valence-corrected chi connectivity index (χ3v) is 5.27. The number of aliphatic imine (C=N–C) groups is 1. The number of ether oxygens (including phenoxy) is 4. The summed E-state index contributed by atoms with van der Waals surface area (Å²) in [6, 6.07) is 0. The van der Waals surface area contributed by atoms with E-state index in [4.69, 9.17) is 24.1 Å². The molecule has 0 bridgehead atoms. The molecule has 0 saturated carbocycles. The van der Waals surface area contributed by atoms with Crippen LogP contribution in [-0.4, -0.2) is 67.0 Å². The summed E-state index contributed by atoms with van der Waals surface area (Å²) in [5.74, 6) is -0.837. The Hall–Kier alpha value is -2.40. The number of amides is 2. The van der Waals surface area contributed by atoms with Crippen molar-refractivity contribution in [3.8, 4) is 0 Å². The first-order chi connectivity index (χ1) is 18.2. The van der Waals surface area contributed by atoms with Gasteiger partial charge in [-0.1, -0.05) is 57.8 Å². The summed E-state index contributed by atoms with van der Waals surface area (Å²) in [4.78, 5) is 39.5. The zero-order valence-corrected chi connectivity index (χ0v) is 25.2. The number of rotatable bonds is 18. The lowest BCUT2D eigenvalue weighted by atomic mass is 10.0. The third kappa shape index (κ3) is 25.6. The van der Waals surface area contributed by atoms with Crippen LogP contribution in [0.3, 0.4) is 0 Å². The zero-order chi connectivity index (χ0) is 29.7. The van der Waals surface area contributed by atoms with Gasteiger partial charge in [0, 0.05) is 13.7 Å². The predicted molar refractivity (Wildman–Crippen MR) is 151 cm³/mol. The monoisotopic (exact) mass is 559 g/mol. The molecule has 0 saturated heterocycles. The fourth-order valence-corrected chi connectivity index (χ4v) is 3.60. The van der Waals surface area contributed by atoms with E-state index >= 15 is 0 Å². The van der Waals surface area contributed by atoms with Crippen molar-refractivity contribution in [3.05, 3.63) is 0 Å². The van der Waals surface area contributed by atoms with E-state index in [0.717, 1.165) is 51.4 Å².